The van der Waals surface area contributed by atoms with Gasteiger partial charge in [0.1, 0.15) is 19.7 Å². The normalized spacial score (nSPS) is 10.9. The number of hydrogen-bond acceptors (Lipinski definition) is 1. The standard InChI is InChI=1S/C17H17F2NSi/c1-21(2,3)7-6-12-8-13(10-15(20)9-12)16-5-4-14(18)11-17(16)19/h4-5,8-11H,20H2,1-3H3. The number of halogens is 2. The monoisotopic (exact) mass is 301 g/mol. The van der Waals surface area contributed by atoms with Gasteiger partial charge in [0.25, 0.3) is 0 Å². The van der Waals surface area contributed by atoms with Crippen LogP contribution in [0.1, 0.15) is 5.56 Å². The lowest BCUT2D eigenvalue weighted by atomic mass is 10.0. The third-order valence-electron chi connectivity index (χ3n) is 2.78. The Hall–Kier alpha value is -2.12. The van der Waals surface area contributed by atoms with Gasteiger partial charge in [0.2, 0.25) is 0 Å². The smallest absolute Gasteiger partial charge is 0.133 e. The van der Waals surface area contributed by atoms with Gasteiger partial charge in [0, 0.05) is 22.9 Å². The molecular weight excluding hydrogens is 284 g/mol. The maximum absolute atomic E-state index is 13.9. The van der Waals surface area contributed by atoms with Crippen molar-refractivity contribution in [1.82, 2.24) is 0 Å². The van der Waals surface area contributed by atoms with Gasteiger partial charge in [-0.1, -0.05) is 25.6 Å². The Morgan fingerprint density at radius 1 is 1.00 bits per heavy atom. The summed E-state index contributed by atoms with van der Waals surface area (Å²) in [4.78, 5) is 0. The molecule has 21 heavy (non-hydrogen) atoms. The predicted octanol–water partition coefficient (Wildman–Crippen LogP) is 4.44. The fourth-order valence-electron chi connectivity index (χ4n) is 1.86. The first-order valence-electron chi connectivity index (χ1n) is 6.64. The highest BCUT2D eigenvalue weighted by Gasteiger charge is 2.09. The largest absolute Gasteiger partial charge is 0.399 e. The van der Waals surface area contributed by atoms with Gasteiger partial charge in [-0.05, 0) is 35.9 Å². The average molecular weight is 301 g/mol. The number of nitrogens with two attached hydrogens (primary N) is 1. The summed E-state index contributed by atoms with van der Waals surface area (Å²) in [5.41, 5.74) is 11.3. The third-order valence-corrected chi connectivity index (χ3v) is 3.65. The van der Waals surface area contributed by atoms with Crippen LogP contribution in [-0.2, 0) is 0 Å². The van der Waals surface area contributed by atoms with E-state index in [1.54, 1.807) is 18.2 Å². The van der Waals surface area contributed by atoms with Gasteiger partial charge < -0.3 is 5.73 Å². The van der Waals surface area contributed by atoms with Crippen LogP contribution >= 0.6 is 0 Å². The zero-order valence-electron chi connectivity index (χ0n) is 12.3. The molecule has 0 aromatic heterocycles. The van der Waals surface area contributed by atoms with Crippen LogP contribution in [0, 0.1) is 23.1 Å². The molecule has 0 amide bonds. The highest BCUT2D eigenvalue weighted by molar-refractivity contribution is 6.83. The molecule has 0 aliphatic heterocycles. The second kappa shape index (κ2) is 5.70. The molecule has 0 saturated carbocycles. The summed E-state index contributed by atoms with van der Waals surface area (Å²) in [6.07, 6.45) is 0. The first-order chi connectivity index (χ1) is 9.74. The Morgan fingerprint density at radius 2 is 1.71 bits per heavy atom. The molecule has 108 valence electrons. The first-order valence-corrected chi connectivity index (χ1v) is 10.1. The van der Waals surface area contributed by atoms with Gasteiger partial charge in [0.05, 0.1) is 0 Å². The van der Waals surface area contributed by atoms with Crippen molar-refractivity contribution >= 4 is 13.8 Å². The Kier molecular flexibility index (Phi) is 4.15. The SMILES string of the molecule is C[Si](C)(C)C#Cc1cc(N)cc(-c2ccc(F)cc2F)c1. The van der Waals surface area contributed by atoms with Gasteiger partial charge in [0.15, 0.2) is 0 Å². The molecule has 0 heterocycles. The lowest BCUT2D eigenvalue weighted by Gasteiger charge is -2.07. The van der Waals surface area contributed by atoms with Crippen LogP contribution in [-0.4, -0.2) is 8.07 Å². The molecule has 0 fully saturated rings. The lowest BCUT2D eigenvalue weighted by Crippen LogP contribution is -2.16. The summed E-state index contributed by atoms with van der Waals surface area (Å²) in [7, 11) is -1.50. The van der Waals surface area contributed by atoms with E-state index in [2.05, 4.69) is 31.1 Å². The molecule has 0 unspecified atom stereocenters. The van der Waals surface area contributed by atoms with E-state index in [1.807, 2.05) is 0 Å². The number of rotatable bonds is 1. The van der Waals surface area contributed by atoms with E-state index in [1.165, 1.54) is 12.1 Å². The van der Waals surface area contributed by atoms with E-state index in [4.69, 9.17) is 5.73 Å². The summed E-state index contributed by atoms with van der Waals surface area (Å²) in [5, 5.41) is 0. The predicted molar refractivity (Wildman–Crippen MR) is 86.4 cm³/mol. The zero-order chi connectivity index (χ0) is 15.6. The zero-order valence-corrected chi connectivity index (χ0v) is 13.3. The summed E-state index contributed by atoms with van der Waals surface area (Å²) in [6.45, 7) is 6.44. The van der Waals surface area contributed by atoms with E-state index >= 15 is 0 Å². The summed E-state index contributed by atoms with van der Waals surface area (Å²) in [6, 6.07) is 8.71. The van der Waals surface area contributed by atoms with Gasteiger partial charge in [-0.2, -0.15) is 0 Å². The summed E-state index contributed by atoms with van der Waals surface area (Å²) >= 11 is 0. The second-order valence-corrected chi connectivity index (χ2v) is 10.7. The fourth-order valence-corrected chi connectivity index (χ4v) is 2.38. The number of hydrogen-bond donors (Lipinski definition) is 1. The van der Waals surface area contributed by atoms with Gasteiger partial charge in [-0.15, -0.1) is 5.54 Å². The van der Waals surface area contributed by atoms with Crippen LogP contribution in [0.2, 0.25) is 19.6 Å². The van der Waals surface area contributed by atoms with Crippen LogP contribution in [0.3, 0.4) is 0 Å². The molecule has 4 heteroatoms. The van der Waals surface area contributed by atoms with Crippen molar-refractivity contribution in [3.8, 4) is 22.6 Å². The van der Waals surface area contributed by atoms with Crippen LogP contribution in [0.5, 0.6) is 0 Å². The van der Waals surface area contributed by atoms with Crippen LogP contribution < -0.4 is 5.73 Å². The molecule has 2 N–H and O–H groups in total. The number of benzene rings is 2. The Morgan fingerprint density at radius 3 is 2.33 bits per heavy atom. The summed E-state index contributed by atoms with van der Waals surface area (Å²) < 4.78 is 26.9. The van der Waals surface area contributed by atoms with Gasteiger partial charge in [-0.3, -0.25) is 0 Å². The van der Waals surface area contributed by atoms with E-state index in [0.29, 0.717) is 16.8 Å². The lowest BCUT2D eigenvalue weighted by molar-refractivity contribution is 0.585. The molecular formula is C17H17F2NSi. The quantitative estimate of drug-likeness (QED) is 0.470. The van der Waals surface area contributed by atoms with Crippen LogP contribution in [0.4, 0.5) is 14.5 Å². The van der Waals surface area contributed by atoms with Gasteiger partial charge >= 0.3 is 0 Å². The van der Waals surface area contributed by atoms with Crippen molar-refractivity contribution in [3.63, 3.8) is 0 Å². The Balaban J connectivity index is 2.50. The number of anilines is 1. The second-order valence-electron chi connectivity index (χ2n) is 5.97. The number of nitrogen functional groups attached to an aromatic ring is 1. The fraction of sp³-hybridized carbons (Fsp3) is 0.176. The van der Waals surface area contributed by atoms with E-state index in [9.17, 15) is 8.78 Å². The molecule has 2 rings (SSSR count). The molecule has 0 saturated heterocycles. The molecule has 2 aromatic rings. The third kappa shape index (κ3) is 4.17. The molecule has 0 radical (unpaired) electrons. The van der Waals surface area contributed by atoms with Gasteiger partial charge in [-0.25, -0.2) is 8.78 Å². The summed E-state index contributed by atoms with van der Waals surface area (Å²) in [5.74, 6) is 1.90. The molecule has 0 atom stereocenters. The molecule has 2 aromatic carbocycles. The molecule has 0 aliphatic carbocycles. The first kappa shape index (κ1) is 15.3. The molecule has 0 bridgehead atoms. The van der Waals surface area contributed by atoms with E-state index in [-0.39, 0.29) is 0 Å². The minimum atomic E-state index is -1.50. The van der Waals surface area contributed by atoms with Crippen LogP contribution in [0.25, 0.3) is 11.1 Å². The highest BCUT2D eigenvalue weighted by Crippen LogP contribution is 2.26. The Labute approximate surface area is 124 Å². The molecule has 0 aliphatic rings. The average Bonchev–Trinajstić information content (AvgIpc) is 2.35. The van der Waals surface area contributed by atoms with Crippen molar-refractivity contribution in [2.24, 2.45) is 0 Å². The van der Waals surface area contributed by atoms with E-state index < -0.39 is 19.7 Å². The molecule has 1 nitrogen and oxygen atoms in total. The molecule has 0 spiro atoms. The van der Waals surface area contributed by atoms with E-state index in [0.717, 1.165) is 11.6 Å². The Bertz CT molecular complexity index is 737. The topological polar surface area (TPSA) is 26.0 Å². The minimum Gasteiger partial charge on any atom is -0.399 e. The minimum absolute atomic E-state index is 0.319. The van der Waals surface area contributed by atoms with Crippen molar-refractivity contribution in [2.75, 3.05) is 5.73 Å². The van der Waals surface area contributed by atoms with Crippen LogP contribution in [0.15, 0.2) is 36.4 Å². The van der Waals surface area contributed by atoms with Crippen molar-refractivity contribution in [3.05, 3.63) is 53.6 Å². The van der Waals surface area contributed by atoms with Crippen molar-refractivity contribution in [2.45, 2.75) is 19.6 Å². The van der Waals surface area contributed by atoms with Crippen molar-refractivity contribution < 1.29 is 8.78 Å². The maximum atomic E-state index is 13.9. The highest BCUT2D eigenvalue weighted by atomic mass is 28.3. The maximum Gasteiger partial charge on any atom is 0.133 e. The van der Waals surface area contributed by atoms with Crippen molar-refractivity contribution in [1.29, 1.82) is 0 Å².